The van der Waals surface area contributed by atoms with E-state index in [4.69, 9.17) is 15.2 Å². The summed E-state index contributed by atoms with van der Waals surface area (Å²) >= 11 is 0. The van der Waals surface area contributed by atoms with Crippen molar-refractivity contribution >= 4 is 23.2 Å². The second-order valence-corrected chi connectivity index (χ2v) is 6.70. The van der Waals surface area contributed by atoms with Crippen LogP contribution in [0.15, 0.2) is 48.5 Å². The van der Waals surface area contributed by atoms with Gasteiger partial charge in [-0.15, -0.1) is 0 Å². The Balaban J connectivity index is 1.45. The first-order valence-electron chi connectivity index (χ1n) is 9.27. The first-order valence-corrected chi connectivity index (χ1v) is 9.27. The third kappa shape index (κ3) is 4.94. The molecule has 0 unspecified atom stereocenters. The molecule has 148 valence electrons. The number of likely N-dealkylation sites (tertiary alicyclic amines) is 1. The van der Waals surface area contributed by atoms with E-state index in [1.165, 1.54) is 0 Å². The number of ether oxygens (including phenoxy) is 2. The van der Waals surface area contributed by atoms with E-state index in [0.29, 0.717) is 48.8 Å². The van der Waals surface area contributed by atoms with Gasteiger partial charge in [0.25, 0.3) is 5.91 Å². The molecule has 0 radical (unpaired) electrons. The fraction of sp³-hybridized carbons (Fsp3) is 0.333. The monoisotopic (exact) mass is 383 g/mol. The van der Waals surface area contributed by atoms with Gasteiger partial charge in [0, 0.05) is 24.7 Å². The van der Waals surface area contributed by atoms with Crippen molar-refractivity contribution in [3.05, 3.63) is 48.5 Å². The number of carbonyl (C=O) groups excluding carboxylic acids is 2. The largest absolute Gasteiger partial charge is 0.495 e. The Morgan fingerprint density at radius 1 is 1.14 bits per heavy atom. The van der Waals surface area contributed by atoms with Crippen LogP contribution in [0.3, 0.4) is 0 Å². The zero-order valence-corrected chi connectivity index (χ0v) is 15.9. The Morgan fingerprint density at radius 3 is 2.50 bits per heavy atom. The minimum atomic E-state index is -0.137. The van der Waals surface area contributed by atoms with E-state index < -0.39 is 0 Å². The van der Waals surface area contributed by atoms with Crippen molar-refractivity contribution in [2.24, 2.45) is 5.92 Å². The molecule has 0 spiro atoms. The van der Waals surface area contributed by atoms with Gasteiger partial charge < -0.3 is 25.4 Å². The Hall–Kier alpha value is -3.22. The highest BCUT2D eigenvalue weighted by Gasteiger charge is 2.27. The second-order valence-electron chi connectivity index (χ2n) is 6.70. The fourth-order valence-electron chi connectivity index (χ4n) is 3.20. The van der Waals surface area contributed by atoms with Gasteiger partial charge in [-0.05, 0) is 43.2 Å². The maximum atomic E-state index is 12.5. The Bertz CT molecular complexity index is 818. The molecule has 0 aliphatic carbocycles. The van der Waals surface area contributed by atoms with Gasteiger partial charge in [0.2, 0.25) is 5.91 Å². The number of amides is 2. The number of hydrogen-bond donors (Lipinski definition) is 2. The van der Waals surface area contributed by atoms with Gasteiger partial charge in [-0.3, -0.25) is 9.59 Å². The van der Waals surface area contributed by atoms with E-state index in [1.54, 1.807) is 30.2 Å². The number of methoxy groups -OCH3 is 1. The lowest BCUT2D eigenvalue weighted by Gasteiger charge is -2.31. The van der Waals surface area contributed by atoms with Crippen molar-refractivity contribution in [1.82, 2.24) is 4.90 Å². The number of anilines is 2. The maximum absolute atomic E-state index is 12.5. The van der Waals surface area contributed by atoms with Gasteiger partial charge in [-0.1, -0.05) is 18.2 Å². The Kier molecular flexibility index (Phi) is 6.37. The summed E-state index contributed by atoms with van der Waals surface area (Å²) in [6.07, 6.45) is 1.24. The van der Waals surface area contributed by atoms with Crippen LogP contribution in [0.5, 0.6) is 11.5 Å². The highest BCUT2D eigenvalue weighted by molar-refractivity contribution is 5.93. The summed E-state index contributed by atoms with van der Waals surface area (Å²) in [7, 11) is 1.55. The van der Waals surface area contributed by atoms with Crippen LogP contribution in [0, 0.1) is 5.92 Å². The molecular weight excluding hydrogens is 358 g/mol. The van der Waals surface area contributed by atoms with Gasteiger partial charge in [0.1, 0.15) is 11.5 Å². The Morgan fingerprint density at radius 2 is 1.86 bits per heavy atom. The molecule has 0 saturated carbocycles. The molecular formula is C21H25N3O4. The van der Waals surface area contributed by atoms with Crippen molar-refractivity contribution in [2.45, 2.75) is 12.8 Å². The normalized spacial score (nSPS) is 14.4. The molecule has 7 nitrogen and oxygen atoms in total. The lowest BCUT2D eigenvalue weighted by atomic mass is 9.95. The van der Waals surface area contributed by atoms with E-state index >= 15 is 0 Å². The lowest BCUT2D eigenvalue weighted by Crippen LogP contribution is -2.43. The number of benzene rings is 2. The molecule has 2 aromatic rings. The number of nitrogen functional groups attached to an aromatic ring is 1. The summed E-state index contributed by atoms with van der Waals surface area (Å²) in [4.78, 5) is 26.6. The van der Waals surface area contributed by atoms with Crippen LogP contribution in [0.1, 0.15) is 12.8 Å². The van der Waals surface area contributed by atoms with Gasteiger partial charge >= 0.3 is 0 Å². The molecule has 1 fully saturated rings. The van der Waals surface area contributed by atoms with Gasteiger partial charge in [0.15, 0.2) is 6.61 Å². The minimum Gasteiger partial charge on any atom is -0.495 e. The summed E-state index contributed by atoms with van der Waals surface area (Å²) in [6.45, 7) is 1.09. The van der Waals surface area contributed by atoms with Crippen LogP contribution >= 0.6 is 0 Å². The molecule has 0 bridgehead atoms. The first kappa shape index (κ1) is 19.5. The number of carbonyl (C=O) groups is 2. The van der Waals surface area contributed by atoms with E-state index in [-0.39, 0.29) is 24.3 Å². The molecule has 1 heterocycles. The number of rotatable bonds is 6. The average Bonchev–Trinajstić information content (AvgIpc) is 2.73. The standard InChI is InChI=1S/C21H25N3O4/c1-27-19-8-7-16(13-18(19)22)23-21(26)15-9-11-24(12-10-15)20(25)14-28-17-5-3-2-4-6-17/h2-8,13,15H,9-12,14,22H2,1H3,(H,23,26). The van der Waals surface area contributed by atoms with E-state index in [2.05, 4.69) is 5.32 Å². The van der Waals surface area contributed by atoms with Crippen LogP contribution in [0.25, 0.3) is 0 Å². The van der Waals surface area contributed by atoms with E-state index in [1.807, 2.05) is 30.3 Å². The smallest absolute Gasteiger partial charge is 0.260 e. The molecule has 7 heteroatoms. The molecule has 3 N–H and O–H groups in total. The fourth-order valence-corrected chi connectivity index (χ4v) is 3.20. The molecule has 28 heavy (non-hydrogen) atoms. The number of hydrogen-bond acceptors (Lipinski definition) is 5. The molecule has 3 rings (SSSR count). The predicted octanol–water partition coefficient (Wildman–Crippen LogP) is 2.53. The SMILES string of the molecule is COc1ccc(NC(=O)C2CCN(C(=O)COc3ccccc3)CC2)cc1N. The zero-order chi connectivity index (χ0) is 19.9. The summed E-state index contributed by atoms with van der Waals surface area (Å²) in [6, 6.07) is 14.4. The van der Waals surface area contributed by atoms with Crippen molar-refractivity contribution in [1.29, 1.82) is 0 Å². The number of para-hydroxylation sites is 1. The second kappa shape index (κ2) is 9.12. The third-order valence-corrected chi connectivity index (χ3v) is 4.82. The highest BCUT2D eigenvalue weighted by Crippen LogP contribution is 2.26. The quantitative estimate of drug-likeness (QED) is 0.748. The number of nitrogens with two attached hydrogens (primary N) is 1. The van der Waals surface area contributed by atoms with Crippen LogP contribution in [-0.2, 0) is 9.59 Å². The van der Waals surface area contributed by atoms with Crippen molar-refractivity contribution in [2.75, 3.05) is 37.9 Å². The van der Waals surface area contributed by atoms with Gasteiger partial charge in [-0.2, -0.15) is 0 Å². The predicted molar refractivity (Wildman–Crippen MR) is 107 cm³/mol. The summed E-state index contributed by atoms with van der Waals surface area (Å²) in [5.74, 6) is 0.983. The molecule has 0 aromatic heterocycles. The van der Waals surface area contributed by atoms with Crippen LogP contribution in [0.4, 0.5) is 11.4 Å². The van der Waals surface area contributed by atoms with E-state index in [9.17, 15) is 9.59 Å². The van der Waals surface area contributed by atoms with Crippen LogP contribution < -0.4 is 20.5 Å². The molecule has 2 amide bonds. The lowest BCUT2D eigenvalue weighted by molar-refractivity contribution is -0.136. The summed E-state index contributed by atoms with van der Waals surface area (Å²) < 4.78 is 10.6. The van der Waals surface area contributed by atoms with Crippen molar-refractivity contribution in [3.63, 3.8) is 0 Å². The van der Waals surface area contributed by atoms with Gasteiger partial charge in [-0.25, -0.2) is 0 Å². The van der Waals surface area contributed by atoms with E-state index in [0.717, 1.165) is 0 Å². The summed E-state index contributed by atoms with van der Waals surface area (Å²) in [5.41, 5.74) is 6.98. The molecule has 1 aliphatic rings. The van der Waals surface area contributed by atoms with Crippen LogP contribution in [-0.4, -0.2) is 43.5 Å². The Labute approximate surface area is 164 Å². The molecule has 0 atom stereocenters. The van der Waals surface area contributed by atoms with Crippen LogP contribution in [0.2, 0.25) is 0 Å². The van der Waals surface area contributed by atoms with Gasteiger partial charge in [0.05, 0.1) is 12.8 Å². The summed E-state index contributed by atoms with van der Waals surface area (Å²) in [5, 5.41) is 2.89. The first-order chi connectivity index (χ1) is 13.6. The average molecular weight is 383 g/mol. The number of nitrogens with zero attached hydrogens (tertiary/aromatic N) is 1. The number of nitrogens with one attached hydrogen (secondary N) is 1. The molecule has 1 aliphatic heterocycles. The van der Waals surface area contributed by atoms with Crippen molar-refractivity contribution < 1.29 is 19.1 Å². The van der Waals surface area contributed by atoms with Crippen molar-refractivity contribution in [3.8, 4) is 11.5 Å². The number of piperidine rings is 1. The molecule has 1 saturated heterocycles. The minimum absolute atomic E-state index is 0.00595. The maximum Gasteiger partial charge on any atom is 0.260 e. The topological polar surface area (TPSA) is 93.9 Å². The third-order valence-electron chi connectivity index (χ3n) is 4.82. The molecule has 2 aromatic carbocycles. The highest BCUT2D eigenvalue weighted by atomic mass is 16.5. The zero-order valence-electron chi connectivity index (χ0n) is 15.9.